The highest BCUT2D eigenvalue weighted by Crippen LogP contribution is 2.23. The number of aromatic nitrogens is 3. The molecule has 1 atom stereocenters. The van der Waals surface area contributed by atoms with E-state index < -0.39 is 0 Å². The lowest BCUT2D eigenvalue weighted by molar-refractivity contribution is -0.120. The van der Waals surface area contributed by atoms with E-state index in [0.29, 0.717) is 6.54 Å². The van der Waals surface area contributed by atoms with E-state index in [-0.39, 0.29) is 17.2 Å². The van der Waals surface area contributed by atoms with Crippen molar-refractivity contribution in [3.05, 3.63) is 41.7 Å². The van der Waals surface area contributed by atoms with Crippen LogP contribution in [0.1, 0.15) is 37.9 Å². The highest BCUT2D eigenvalue weighted by Gasteiger charge is 2.18. The lowest BCUT2D eigenvalue weighted by atomic mass is 10.1. The van der Waals surface area contributed by atoms with Crippen LogP contribution in [0.2, 0.25) is 0 Å². The Kier molecular flexibility index (Phi) is 5.60. The number of amides is 1. The van der Waals surface area contributed by atoms with E-state index in [1.165, 1.54) is 17.3 Å². The van der Waals surface area contributed by atoms with Gasteiger partial charge in [0.05, 0.1) is 5.25 Å². The smallest absolute Gasteiger partial charge is 0.233 e. The summed E-state index contributed by atoms with van der Waals surface area (Å²) in [4.78, 5) is 12.2. The van der Waals surface area contributed by atoms with Crippen LogP contribution in [-0.4, -0.2) is 25.9 Å². The van der Waals surface area contributed by atoms with E-state index in [9.17, 15) is 4.79 Å². The first kappa shape index (κ1) is 16.5. The predicted molar refractivity (Wildman–Crippen MR) is 88.8 cm³/mol. The van der Waals surface area contributed by atoms with Crippen LogP contribution in [-0.2, 0) is 11.3 Å². The summed E-state index contributed by atoms with van der Waals surface area (Å²) in [6, 6.07) is 8.43. The Morgan fingerprint density at radius 2 is 1.95 bits per heavy atom. The monoisotopic (exact) mass is 318 g/mol. The lowest BCUT2D eigenvalue weighted by Gasteiger charge is -2.14. The largest absolute Gasteiger partial charge is 0.351 e. The van der Waals surface area contributed by atoms with Gasteiger partial charge in [-0.2, -0.15) is 0 Å². The number of hydrogen-bond donors (Lipinski definition) is 1. The molecule has 2 rings (SSSR count). The summed E-state index contributed by atoms with van der Waals surface area (Å²) in [5, 5.41) is 11.5. The molecule has 0 aliphatic carbocycles. The molecule has 0 aliphatic rings. The molecule has 6 heteroatoms. The van der Waals surface area contributed by atoms with Gasteiger partial charge in [-0.1, -0.05) is 41.6 Å². The van der Waals surface area contributed by atoms with Crippen molar-refractivity contribution in [1.29, 1.82) is 0 Å². The summed E-state index contributed by atoms with van der Waals surface area (Å²) in [6.07, 6.45) is 1.70. The minimum atomic E-state index is -0.216. The second-order valence-electron chi connectivity index (χ2n) is 5.58. The number of nitrogens with zero attached hydrogens (tertiary/aromatic N) is 3. The maximum atomic E-state index is 12.2. The maximum absolute atomic E-state index is 12.2. The molecule has 0 saturated heterocycles. The van der Waals surface area contributed by atoms with Gasteiger partial charge in [0.1, 0.15) is 6.33 Å². The highest BCUT2D eigenvalue weighted by molar-refractivity contribution is 8.00. The molecule has 1 N–H and O–H groups in total. The summed E-state index contributed by atoms with van der Waals surface area (Å²) in [5.74, 6) is 0.00359. The molecule has 0 fully saturated rings. The number of rotatable bonds is 6. The summed E-state index contributed by atoms with van der Waals surface area (Å²) in [5.41, 5.74) is 2.31. The first-order valence-corrected chi connectivity index (χ1v) is 8.24. The van der Waals surface area contributed by atoms with Gasteiger partial charge in [0, 0.05) is 12.6 Å². The molecule has 118 valence electrons. The zero-order valence-corrected chi connectivity index (χ0v) is 14.2. The fourth-order valence-electron chi connectivity index (χ4n) is 1.92. The SMILES string of the molecule is Cc1ccc(CNC(=O)C(C)Sc2nncn2C(C)C)cc1. The first-order chi connectivity index (χ1) is 10.5. The van der Waals surface area contributed by atoms with Gasteiger partial charge in [0.15, 0.2) is 5.16 Å². The molecule has 0 saturated carbocycles. The van der Waals surface area contributed by atoms with Crippen LogP contribution in [0, 0.1) is 6.92 Å². The first-order valence-electron chi connectivity index (χ1n) is 7.36. The van der Waals surface area contributed by atoms with E-state index in [2.05, 4.69) is 29.4 Å². The van der Waals surface area contributed by atoms with Gasteiger partial charge >= 0.3 is 0 Å². The minimum Gasteiger partial charge on any atom is -0.351 e. The van der Waals surface area contributed by atoms with E-state index >= 15 is 0 Å². The molecule has 1 heterocycles. The van der Waals surface area contributed by atoms with Crippen LogP contribution < -0.4 is 5.32 Å². The van der Waals surface area contributed by atoms with Crippen molar-refractivity contribution >= 4 is 17.7 Å². The number of aryl methyl sites for hydroxylation is 1. The van der Waals surface area contributed by atoms with Gasteiger partial charge in [-0.15, -0.1) is 10.2 Å². The maximum Gasteiger partial charge on any atom is 0.233 e. The number of benzene rings is 1. The van der Waals surface area contributed by atoms with Crippen molar-refractivity contribution in [3.8, 4) is 0 Å². The molecular formula is C16H22N4OS. The van der Waals surface area contributed by atoms with Crippen LogP contribution in [0.4, 0.5) is 0 Å². The number of hydrogen-bond acceptors (Lipinski definition) is 4. The fraction of sp³-hybridized carbons (Fsp3) is 0.438. The molecule has 0 aliphatic heterocycles. The fourth-order valence-corrected chi connectivity index (χ4v) is 2.90. The number of carbonyl (C=O) groups is 1. The van der Waals surface area contributed by atoms with Crippen molar-refractivity contribution in [2.24, 2.45) is 0 Å². The molecule has 5 nitrogen and oxygen atoms in total. The standard InChI is InChI=1S/C16H22N4OS/c1-11(2)20-10-18-19-16(20)22-13(4)15(21)17-9-14-7-5-12(3)6-8-14/h5-8,10-11,13H,9H2,1-4H3,(H,17,21). The zero-order valence-electron chi connectivity index (χ0n) is 13.4. The summed E-state index contributed by atoms with van der Waals surface area (Å²) < 4.78 is 1.97. The topological polar surface area (TPSA) is 59.8 Å². The second kappa shape index (κ2) is 7.45. The third kappa shape index (κ3) is 4.34. The van der Waals surface area contributed by atoms with Gasteiger partial charge in [-0.25, -0.2) is 0 Å². The Bertz CT molecular complexity index is 621. The van der Waals surface area contributed by atoms with Crippen molar-refractivity contribution in [1.82, 2.24) is 20.1 Å². The van der Waals surface area contributed by atoms with Crippen molar-refractivity contribution < 1.29 is 4.79 Å². The van der Waals surface area contributed by atoms with Gasteiger partial charge in [-0.05, 0) is 33.3 Å². The van der Waals surface area contributed by atoms with E-state index in [4.69, 9.17) is 0 Å². The van der Waals surface area contributed by atoms with Gasteiger partial charge in [0.25, 0.3) is 0 Å². The molecule has 0 spiro atoms. The van der Waals surface area contributed by atoms with Gasteiger partial charge < -0.3 is 9.88 Å². The van der Waals surface area contributed by atoms with E-state index in [0.717, 1.165) is 10.7 Å². The lowest BCUT2D eigenvalue weighted by Crippen LogP contribution is -2.30. The Hall–Kier alpha value is -1.82. The van der Waals surface area contributed by atoms with Crippen LogP contribution >= 0.6 is 11.8 Å². The normalized spacial score (nSPS) is 12.4. The quantitative estimate of drug-likeness (QED) is 0.832. The number of carbonyl (C=O) groups excluding carboxylic acids is 1. The molecule has 1 unspecified atom stereocenters. The molecule has 1 aromatic carbocycles. The average Bonchev–Trinajstić information content (AvgIpc) is 2.94. The molecule has 0 radical (unpaired) electrons. The Labute approximate surface area is 135 Å². The summed E-state index contributed by atoms with van der Waals surface area (Å²) in [7, 11) is 0. The summed E-state index contributed by atoms with van der Waals surface area (Å²) in [6.45, 7) is 8.60. The molecule has 1 amide bonds. The van der Waals surface area contributed by atoms with Gasteiger partial charge in [-0.3, -0.25) is 4.79 Å². The summed E-state index contributed by atoms with van der Waals surface area (Å²) >= 11 is 1.43. The minimum absolute atomic E-state index is 0.00359. The van der Waals surface area contributed by atoms with E-state index in [1.807, 2.05) is 42.7 Å². The van der Waals surface area contributed by atoms with Crippen molar-refractivity contribution in [2.45, 2.75) is 50.7 Å². The zero-order chi connectivity index (χ0) is 16.1. The van der Waals surface area contributed by atoms with Crippen molar-refractivity contribution in [2.75, 3.05) is 0 Å². The predicted octanol–water partition coefficient (Wildman–Crippen LogP) is 2.96. The molecule has 1 aromatic heterocycles. The van der Waals surface area contributed by atoms with Crippen LogP contribution in [0.3, 0.4) is 0 Å². The van der Waals surface area contributed by atoms with Crippen molar-refractivity contribution in [3.63, 3.8) is 0 Å². The molecular weight excluding hydrogens is 296 g/mol. The Morgan fingerprint density at radius 1 is 1.27 bits per heavy atom. The Balaban J connectivity index is 1.89. The van der Waals surface area contributed by atoms with Crippen LogP contribution in [0.25, 0.3) is 0 Å². The molecule has 22 heavy (non-hydrogen) atoms. The van der Waals surface area contributed by atoms with E-state index in [1.54, 1.807) is 6.33 Å². The third-order valence-corrected chi connectivity index (χ3v) is 4.41. The average molecular weight is 318 g/mol. The molecule has 2 aromatic rings. The van der Waals surface area contributed by atoms with Crippen LogP contribution in [0.5, 0.6) is 0 Å². The van der Waals surface area contributed by atoms with Crippen LogP contribution in [0.15, 0.2) is 35.7 Å². The third-order valence-electron chi connectivity index (χ3n) is 3.34. The second-order valence-corrected chi connectivity index (χ2v) is 6.89. The molecule has 0 bridgehead atoms. The number of thioether (sulfide) groups is 1. The Morgan fingerprint density at radius 3 is 2.59 bits per heavy atom. The number of nitrogens with one attached hydrogen (secondary N) is 1. The van der Waals surface area contributed by atoms with Gasteiger partial charge in [0.2, 0.25) is 5.91 Å². The highest BCUT2D eigenvalue weighted by atomic mass is 32.2.